The minimum atomic E-state index is -0.539. The molecule has 2 heterocycles. The lowest BCUT2D eigenvalue weighted by atomic mass is 10.1. The highest BCUT2D eigenvalue weighted by Crippen LogP contribution is 2.42. The van der Waals surface area contributed by atoms with Crippen LogP contribution in [0.5, 0.6) is 11.5 Å². The molecule has 10 heteroatoms. The van der Waals surface area contributed by atoms with Gasteiger partial charge in [0.15, 0.2) is 11.5 Å². The zero-order valence-corrected chi connectivity index (χ0v) is 21.0. The Hall–Kier alpha value is -4.29. The number of nitrogens with zero attached hydrogens (tertiary/aromatic N) is 2. The van der Waals surface area contributed by atoms with Gasteiger partial charge >= 0.3 is 0 Å². The molecule has 0 bridgehead atoms. The zero-order chi connectivity index (χ0) is 26.4. The number of imidazole rings is 1. The highest BCUT2D eigenvalue weighted by Gasteiger charge is 2.28. The normalized spacial score (nSPS) is 14.1. The fraction of sp³-hybridized carbons (Fsp3) is 0.214. The summed E-state index contributed by atoms with van der Waals surface area (Å²) in [5, 5.41) is 5.83. The topological polar surface area (TPSA) is 77.4 Å². The zero-order valence-electron chi connectivity index (χ0n) is 20.2. The molecule has 0 saturated heterocycles. The maximum absolute atomic E-state index is 14.6. The Morgan fingerprint density at radius 2 is 1.89 bits per heavy atom. The number of fused-ring (bicyclic) bond motifs is 3. The molecule has 2 aliphatic rings. The molecule has 0 radical (unpaired) electrons. The van der Waals surface area contributed by atoms with Crippen molar-refractivity contribution >= 4 is 45.9 Å². The predicted molar refractivity (Wildman–Crippen MR) is 140 cm³/mol. The molecule has 1 aliphatic carbocycles. The Bertz CT molecular complexity index is 1650. The average molecular weight is 535 g/mol. The number of hydrogen-bond acceptors (Lipinski definition) is 5. The first-order valence-electron chi connectivity index (χ1n) is 12.0. The Labute approximate surface area is 221 Å². The van der Waals surface area contributed by atoms with Crippen LogP contribution in [0.3, 0.4) is 0 Å². The predicted octanol–water partition coefficient (Wildman–Crippen LogP) is 6.03. The lowest BCUT2D eigenvalue weighted by Crippen LogP contribution is -2.21. The van der Waals surface area contributed by atoms with Crippen LogP contribution < -0.4 is 20.1 Å². The number of halogens is 3. The van der Waals surface area contributed by atoms with Crippen LogP contribution in [-0.4, -0.2) is 28.7 Å². The quantitative estimate of drug-likeness (QED) is 0.312. The molecule has 192 valence electrons. The summed E-state index contributed by atoms with van der Waals surface area (Å²) < 4.78 is 42.4. The van der Waals surface area contributed by atoms with Gasteiger partial charge in [-0.15, -0.1) is 0 Å². The first-order valence-corrected chi connectivity index (χ1v) is 12.4. The molecule has 1 saturated carbocycles. The summed E-state index contributed by atoms with van der Waals surface area (Å²) in [6.07, 6.45) is 2.10. The van der Waals surface area contributed by atoms with Crippen molar-refractivity contribution in [2.75, 3.05) is 23.8 Å². The average Bonchev–Trinajstić information content (AvgIpc) is 3.68. The van der Waals surface area contributed by atoms with E-state index in [1.54, 1.807) is 35.9 Å². The third kappa shape index (κ3) is 4.48. The summed E-state index contributed by atoms with van der Waals surface area (Å²) in [4.78, 5) is 17.9. The van der Waals surface area contributed by atoms with Crippen molar-refractivity contribution in [3.05, 3.63) is 70.2 Å². The van der Waals surface area contributed by atoms with Gasteiger partial charge in [0.1, 0.15) is 30.4 Å². The van der Waals surface area contributed by atoms with Crippen molar-refractivity contribution in [3.63, 3.8) is 0 Å². The number of nitrogens with one attached hydrogen (secondary N) is 2. The number of hydrogen-bond donors (Lipinski definition) is 2. The smallest absolute Gasteiger partial charge is 0.259 e. The molecule has 38 heavy (non-hydrogen) atoms. The summed E-state index contributed by atoms with van der Waals surface area (Å²) in [6, 6.07) is 10.3. The lowest BCUT2D eigenvalue weighted by molar-refractivity contribution is 0.101. The molecule has 0 unspecified atom stereocenters. The minimum Gasteiger partial charge on any atom is -0.485 e. The Morgan fingerprint density at radius 3 is 2.63 bits per heavy atom. The van der Waals surface area contributed by atoms with E-state index in [2.05, 4.69) is 27.5 Å². The monoisotopic (exact) mass is 534 g/mol. The van der Waals surface area contributed by atoms with Gasteiger partial charge in [-0.1, -0.05) is 29.5 Å². The van der Waals surface area contributed by atoms with E-state index in [0.29, 0.717) is 22.7 Å². The van der Waals surface area contributed by atoms with Gasteiger partial charge in [-0.25, -0.2) is 13.8 Å². The fourth-order valence-corrected chi connectivity index (χ4v) is 4.41. The van der Waals surface area contributed by atoms with Crippen LogP contribution in [0.15, 0.2) is 42.5 Å². The van der Waals surface area contributed by atoms with E-state index < -0.39 is 17.5 Å². The number of benzene rings is 3. The molecule has 4 aromatic rings. The SMILES string of the molecule is Cn1c(Nc2c(F)cccc2Cl)nc2cc(C(=O)Nc3ccc(C#CC4CC4)c(F)c3)c3c(c21)OCCO3. The van der Waals surface area contributed by atoms with Crippen molar-refractivity contribution in [3.8, 4) is 23.3 Å². The maximum atomic E-state index is 14.6. The van der Waals surface area contributed by atoms with Crippen LogP contribution in [0.2, 0.25) is 5.02 Å². The number of para-hydroxylation sites is 1. The summed E-state index contributed by atoms with van der Waals surface area (Å²) in [7, 11) is 1.72. The molecule has 0 atom stereocenters. The van der Waals surface area contributed by atoms with Crippen LogP contribution in [-0.2, 0) is 7.05 Å². The standard InChI is InChI=1S/C28H21ClF2N4O3/c1-35-24-22(33-28(35)34-23-19(29)3-2-4-20(23)30)14-18(25-26(24)38-12-11-37-25)27(36)32-17-10-9-16(21(31)13-17)8-7-15-5-6-15/h2-4,9-10,13-15H,5-6,11-12H2,1H3,(H,32,36)(H,33,34). The van der Waals surface area contributed by atoms with Gasteiger partial charge in [0.25, 0.3) is 5.91 Å². The molecule has 3 aromatic carbocycles. The second-order valence-electron chi connectivity index (χ2n) is 9.06. The third-order valence-corrected chi connectivity index (χ3v) is 6.62. The van der Waals surface area contributed by atoms with Crippen LogP contribution in [0.1, 0.15) is 28.8 Å². The second-order valence-corrected chi connectivity index (χ2v) is 9.46. The van der Waals surface area contributed by atoms with E-state index >= 15 is 0 Å². The van der Waals surface area contributed by atoms with Crippen molar-refractivity contribution in [2.45, 2.75) is 12.8 Å². The van der Waals surface area contributed by atoms with E-state index in [1.807, 2.05) is 0 Å². The number of aromatic nitrogens is 2. The van der Waals surface area contributed by atoms with Gasteiger partial charge < -0.3 is 24.7 Å². The van der Waals surface area contributed by atoms with Gasteiger partial charge in [-0.2, -0.15) is 0 Å². The third-order valence-electron chi connectivity index (χ3n) is 6.30. The molecule has 6 rings (SSSR count). The van der Waals surface area contributed by atoms with Gasteiger partial charge in [-0.05, 0) is 49.2 Å². The highest BCUT2D eigenvalue weighted by molar-refractivity contribution is 6.33. The fourth-order valence-electron chi connectivity index (χ4n) is 4.20. The Balaban J connectivity index is 1.35. The van der Waals surface area contributed by atoms with Gasteiger partial charge in [-0.3, -0.25) is 4.79 Å². The highest BCUT2D eigenvalue weighted by atomic mass is 35.5. The summed E-state index contributed by atoms with van der Waals surface area (Å²) in [5.74, 6) is 5.52. The van der Waals surface area contributed by atoms with E-state index in [-0.39, 0.29) is 52.4 Å². The first-order chi connectivity index (χ1) is 18.4. The minimum absolute atomic E-state index is 0.0730. The summed E-state index contributed by atoms with van der Waals surface area (Å²) >= 11 is 6.17. The molecule has 1 fully saturated rings. The van der Waals surface area contributed by atoms with Crippen molar-refractivity contribution in [2.24, 2.45) is 13.0 Å². The summed E-state index contributed by atoms with van der Waals surface area (Å²) in [6.45, 7) is 0.518. The van der Waals surface area contributed by atoms with Crippen LogP contribution in [0, 0.1) is 29.4 Å². The molecule has 1 aromatic heterocycles. The van der Waals surface area contributed by atoms with Gasteiger partial charge in [0, 0.05) is 18.7 Å². The van der Waals surface area contributed by atoms with E-state index in [0.717, 1.165) is 12.8 Å². The molecular weight excluding hydrogens is 514 g/mol. The maximum Gasteiger partial charge on any atom is 0.259 e. The van der Waals surface area contributed by atoms with Crippen molar-refractivity contribution < 1.29 is 23.0 Å². The molecule has 1 amide bonds. The Kier molecular flexibility index (Phi) is 6.04. The Morgan fingerprint density at radius 1 is 1.11 bits per heavy atom. The number of ether oxygens (including phenoxy) is 2. The van der Waals surface area contributed by atoms with Crippen LogP contribution in [0.25, 0.3) is 11.0 Å². The molecule has 2 N–H and O–H groups in total. The van der Waals surface area contributed by atoms with Crippen molar-refractivity contribution in [1.82, 2.24) is 9.55 Å². The number of rotatable bonds is 4. The van der Waals surface area contributed by atoms with Crippen molar-refractivity contribution in [1.29, 1.82) is 0 Å². The molecule has 7 nitrogen and oxygen atoms in total. The number of aryl methyl sites for hydroxylation is 1. The molecule has 1 aliphatic heterocycles. The largest absolute Gasteiger partial charge is 0.485 e. The van der Waals surface area contributed by atoms with E-state index in [1.165, 1.54) is 18.2 Å². The van der Waals surface area contributed by atoms with Gasteiger partial charge in [0.05, 0.1) is 27.4 Å². The van der Waals surface area contributed by atoms with Crippen LogP contribution in [0.4, 0.5) is 26.1 Å². The van der Waals surface area contributed by atoms with E-state index in [9.17, 15) is 13.6 Å². The second kappa shape index (κ2) is 9.54. The number of amides is 1. The molecular formula is C28H21ClF2N4O3. The number of anilines is 3. The summed E-state index contributed by atoms with van der Waals surface area (Å²) in [5.41, 5.74) is 1.76. The molecule has 0 spiro atoms. The van der Waals surface area contributed by atoms with Gasteiger partial charge in [0.2, 0.25) is 5.95 Å². The van der Waals surface area contributed by atoms with Crippen LogP contribution >= 0.6 is 11.6 Å². The van der Waals surface area contributed by atoms with E-state index in [4.69, 9.17) is 21.1 Å². The first kappa shape index (κ1) is 24.1. The number of carbonyl (C=O) groups excluding carboxylic acids is 1. The lowest BCUT2D eigenvalue weighted by Gasteiger charge is -2.22. The number of carbonyl (C=O) groups is 1.